The SMILES string of the molecule is CCOC(=O)C(C)(CC(C)Sc1ncco1)NC1CC1. The standard InChI is InChI=1S/C14H22N2O3S/c1-4-18-12(17)14(3,16-11-5-6-11)9-10(2)20-13-15-7-8-19-13/h7-8,10-11,16H,4-6,9H2,1-3H3. The maximum absolute atomic E-state index is 12.2. The number of oxazole rings is 1. The Hall–Kier alpha value is -1.01. The summed E-state index contributed by atoms with van der Waals surface area (Å²) in [7, 11) is 0. The summed E-state index contributed by atoms with van der Waals surface area (Å²) >= 11 is 1.53. The van der Waals surface area contributed by atoms with Gasteiger partial charge in [-0.15, -0.1) is 0 Å². The molecule has 1 heterocycles. The van der Waals surface area contributed by atoms with Crippen LogP contribution in [0.3, 0.4) is 0 Å². The van der Waals surface area contributed by atoms with Gasteiger partial charge in [-0.2, -0.15) is 0 Å². The van der Waals surface area contributed by atoms with Gasteiger partial charge < -0.3 is 9.15 Å². The minimum Gasteiger partial charge on any atom is -0.465 e. The molecular formula is C14H22N2O3S. The third-order valence-electron chi connectivity index (χ3n) is 3.23. The minimum atomic E-state index is -0.643. The van der Waals surface area contributed by atoms with Crippen LogP contribution in [0, 0.1) is 0 Å². The highest BCUT2D eigenvalue weighted by atomic mass is 32.2. The summed E-state index contributed by atoms with van der Waals surface area (Å²) in [6.07, 6.45) is 6.13. The van der Waals surface area contributed by atoms with Crippen LogP contribution < -0.4 is 5.32 Å². The van der Waals surface area contributed by atoms with Gasteiger partial charge in [0.05, 0.1) is 12.8 Å². The molecule has 0 saturated heterocycles. The number of carbonyl (C=O) groups excluding carboxylic acids is 1. The summed E-state index contributed by atoms with van der Waals surface area (Å²) in [6, 6.07) is 0.448. The van der Waals surface area contributed by atoms with Crippen molar-refractivity contribution in [2.75, 3.05) is 6.61 Å². The van der Waals surface area contributed by atoms with Crippen LogP contribution in [0.25, 0.3) is 0 Å². The van der Waals surface area contributed by atoms with Crippen molar-refractivity contribution in [3.63, 3.8) is 0 Å². The van der Waals surface area contributed by atoms with Crippen molar-refractivity contribution in [2.24, 2.45) is 0 Å². The molecule has 1 aliphatic rings. The molecule has 20 heavy (non-hydrogen) atoms. The third kappa shape index (κ3) is 4.24. The van der Waals surface area contributed by atoms with E-state index in [1.54, 1.807) is 12.5 Å². The van der Waals surface area contributed by atoms with Gasteiger partial charge in [-0.05, 0) is 33.1 Å². The second-order valence-corrected chi connectivity index (χ2v) is 6.79. The van der Waals surface area contributed by atoms with Gasteiger partial charge in [-0.3, -0.25) is 10.1 Å². The molecule has 2 unspecified atom stereocenters. The molecule has 0 spiro atoms. The average molecular weight is 298 g/mol. The zero-order valence-corrected chi connectivity index (χ0v) is 13.0. The van der Waals surface area contributed by atoms with Crippen LogP contribution in [0.5, 0.6) is 0 Å². The topological polar surface area (TPSA) is 64.4 Å². The van der Waals surface area contributed by atoms with Crippen LogP contribution in [-0.2, 0) is 9.53 Å². The molecule has 0 radical (unpaired) electrons. The maximum atomic E-state index is 12.2. The normalized spacial score (nSPS) is 19.4. The summed E-state index contributed by atoms with van der Waals surface area (Å²) in [4.78, 5) is 16.3. The lowest BCUT2D eigenvalue weighted by Crippen LogP contribution is -2.52. The van der Waals surface area contributed by atoms with Gasteiger partial charge in [0, 0.05) is 11.3 Å². The van der Waals surface area contributed by atoms with Gasteiger partial charge in [0.2, 0.25) is 0 Å². The zero-order chi connectivity index (χ0) is 14.6. The fourth-order valence-corrected chi connectivity index (χ4v) is 3.22. The maximum Gasteiger partial charge on any atom is 0.326 e. The number of aromatic nitrogens is 1. The van der Waals surface area contributed by atoms with Crippen LogP contribution in [0.2, 0.25) is 0 Å². The van der Waals surface area contributed by atoms with Gasteiger partial charge in [-0.25, -0.2) is 4.98 Å². The van der Waals surface area contributed by atoms with Crippen molar-refractivity contribution in [3.05, 3.63) is 12.5 Å². The quantitative estimate of drug-likeness (QED) is 0.588. The van der Waals surface area contributed by atoms with Gasteiger partial charge in [0.15, 0.2) is 0 Å². The van der Waals surface area contributed by atoms with E-state index in [4.69, 9.17) is 9.15 Å². The first-order valence-corrected chi connectivity index (χ1v) is 7.92. The van der Waals surface area contributed by atoms with Gasteiger partial charge >= 0.3 is 5.97 Å². The van der Waals surface area contributed by atoms with E-state index in [1.807, 2.05) is 13.8 Å². The van der Waals surface area contributed by atoms with Crippen molar-refractivity contribution in [3.8, 4) is 0 Å². The van der Waals surface area contributed by atoms with Gasteiger partial charge in [0.1, 0.15) is 11.8 Å². The molecule has 0 bridgehead atoms. The largest absolute Gasteiger partial charge is 0.465 e. The first-order chi connectivity index (χ1) is 9.53. The van der Waals surface area contributed by atoms with Crippen LogP contribution in [0.15, 0.2) is 22.1 Å². The van der Waals surface area contributed by atoms with Gasteiger partial charge in [0.25, 0.3) is 5.22 Å². The van der Waals surface area contributed by atoms with E-state index in [9.17, 15) is 4.79 Å². The number of nitrogens with zero attached hydrogens (tertiary/aromatic N) is 1. The molecule has 0 aromatic carbocycles. The number of rotatable bonds is 8. The van der Waals surface area contributed by atoms with Crippen molar-refractivity contribution in [1.29, 1.82) is 0 Å². The summed E-state index contributed by atoms with van der Waals surface area (Å²) in [5.41, 5.74) is -0.643. The Morgan fingerprint density at radius 2 is 2.45 bits per heavy atom. The van der Waals surface area contributed by atoms with E-state index in [-0.39, 0.29) is 11.2 Å². The molecule has 0 aliphatic heterocycles. The van der Waals surface area contributed by atoms with E-state index in [0.29, 0.717) is 24.3 Å². The number of carbonyl (C=O) groups is 1. The first-order valence-electron chi connectivity index (χ1n) is 7.04. The summed E-state index contributed by atoms with van der Waals surface area (Å²) in [6.45, 7) is 6.24. The molecule has 6 heteroatoms. The second kappa shape index (κ2) is 6.63. The Bertz CT molecular complexity index is 434. The Balaban J connectivity index is 1.96. The van der Waals surface area contributed by atoms with Crippen LogP contribution in [0.4, 0.5) is 0 Å². The number of hydrogen-bond donors (Lipinski definition) is 1. The summed E-state index contributed by atoms with van der Waals surface area (Å²) in [5, 5.41) is 4.26. The van der Waals surface area contributed by atoms with Crippen molar-refractivity contribution in [2.45, 2.75) is 62.1 Å². The van der Waals surface area contributed by atoms with Crippen LogP contribution in [-0.4, -0.2) is 34.4 Å². The lowest BCUT2D eigenvalue weighted by molar-refractivity contribution is -0.150. The van der Waals surface area contributed by atoms with Crippen LogP contribution in [0.1, 0.15) is 40.0 Å². The fourth-order valence-electron chi connectivity index (χ4n) is 2.23. The molecule has 1 aliphatic carbocycles. The van der Waals surface area contributed by atoms with E-state index < -0.39 is 5.54 Å². The Morgan fingerprint density at radius 3 is 3.00 bits per heavy atom. The molecule has 112 valence electrons. The highest BCUT2D eigenvalue weighted by Crippen LogP contribution is 2.31. The molecule has 2 rings (SSSR count). The van der Waals surface area contributed by atoms with E-state index in [1.165, 1.54) is 11.8 Å². The first kappa shape index (κ1) is 15.4. The molecule has 5 nitrogen and oxygen atoms in total. The lowest BCUT2D eigenvalue weighted by atomic mass is 9.95. The number of nitrogens with one attached hydrogen (secondary N) is 1. The predicted octanol–water partition coefficient (Wildman–Crippen LogP) is 2.62. The highest BCUT2D eigenvalue weighted by molar-refractivity contribution is 7.99. The summed E-state index contributed by atoms with van der Waals surface area (Å²) in [5.74, 6) is -0.174. The molecule has 1 fully saturated rings. The predicted molar refractivity (Wildman–Crippen MR) is 77.6 cm³/mol. The van der Waals surface area contributed by atoms with Crippen LogP contribution >= 0.6 is 11.8 Å². The summed E-state index contributed by atoms with van der Waals surface area (Å²) < 4.78 is 10.5. The molecule has 1 aromatic heterocycles. The van der Waals surface area contributed by atoms with Crippen molar-refractivity contribution in [1.82, 2.24) is 10.3 Å². The fraction of sp³-hybridized carbons (Fsp3) is 0.714. The Morgan fingerprint density at radius 1 is 1.70 bits per heavy atom. The average Bonchev–Trinajstić information content (AvgIpc) is 3.03. The molecule has 2 atom stereocenters. The van der Waals surface area contributed by atoms with Gasteiger partial charge in [-0.1, -0.05) is 18.7 Å². The third-order valence-corrected chi connectivity index (χ3v) is 4.21. The zero-order valence-electron chi connectivity index (χ0n) is 12.2. The number of hydrogen-bond acceptors (Lipinski definition) is 6. The smallest absolute Gasteiger partial charge is 0.326 e. The molecule has 0 amide bonds. The number of ether oxygens (including phenoxy) is 1. The number of esters is 1. The monoisotopic (exact) mass is 298 g/mol. The van der Waals surface area contributed by atoms with Crippen molar-refractivity contribution >= 4 is 17.7 Å². The Labute approximate surface area is 123 Å². The van der Waals surface area contributed by atoms with E-state index in [0.717, 1.165) is 12.8 Å². The van der Waals surface area contributed by atoms with Crippen molar-refractivity contribution < 1.29 is 13.9 Å². The minimum absolute atomic E-state index is 0.174. The molecule has 1 aromatic rings. The Kier molecular flexibility index (Phi) is 5.10. The molecule has 1 N–H and O–H groups in total. The number of thioether (sulfide) groups is 1. The molecular weight excluding hydrogens is 276 g/mol. The lowest BCUT2D eigenvalue weighted by Gasteiger charge is -2.30. The highest BCUT2D eigenvalue weighted by Gasteiger charge is 2.40. The van der Waals surface area contributed by atoms with E-state index >= 15 is 0 Å². The molecule has 1 saturated carbocycles. The second-order valence-electron chi connectivity index (χ2n) is 5.40. The van der Waals surface area contributed by atoms with E-state index in [2.05, 4.69) is 17.2 Å².